The number of carbonyl (C=O) groups is 1. The van der Waals surface area contributed by atoms with Gasteiger partial charge in [-0.1, -0.05) is 23.7 Å². The molecule has 0 aromatic heterocycles. The minimum atomic E-state index is -3.69. The van der Waals surface area contributed by atoms with Gasteiger partial charge >= 0.3 is 0 Å². The molecule has 2 rings (SSSR count). The second-order valence-corrected chi connectivity index (χ2v) is 7.34. The molecule has 0 aliphatic heterocycles. The van der Waals surface area contributed by atoms with Gasteiger partial charge in [0.05, 0.1) is 10.5 Å². The SMILES string of the molecule is Cc1ccc(C(=O)NCCNS(=O)(=O)c2cccc(Cl)c2)c(O)c1. The van der Waals surface area contributed by atoms with E-state index in [2.05, 4.69) is 10.0 Å². The van der Waals surface area contributed by atoms with Gasteiger partial charge in [0.2, 0.25) is 10.0 Å². The monoisotopic (exact) mass is 368 g/mol. The Morgan fingerprint density at radius 3 is 2.58 bits per heavy atom. The Balaban J connectivity index is 1.89. The molecular weight excluding hydrogens is 352 g/mol. The molecule has 0 radical (unpaired) electrons. The highest BCUT2D eigenvalue weighted by molar-refractivity contribution is 7.89. The van der Waals surface area contributed by atoms with Crippen LogP contribution in [0.3, 0.4) is 0 Å². The van der Waals surface area contributed by atoms with Crippen molar-refractivity contribution in [2.45, 2.75) is 11.8 Å². The average Bonchev–Trinajstić information content (AvgIpc) is 2.51. The molecule has 0 aliphatic rings. The molecule has 1 amide bonds. The van der Waals surface area contributed by atoms with Crippen molar-refractivity contribution in [3.63, 3.8) is 0 Å². The molecule has 2 aromatic carbocycles. The van der Waals surface area contributed by atoms with Gasteiger partial charge in [0.25, 0.3) is 5.91 Å². The predicted molar refractivity (Wildman–Crippen MR) is 91.8 cm³/mol. The number of phenolic OH excluding ortho intramolecular Hbond substituents is 1. The van der Waals surface area contributed by atoms with E-state index in [1.165, 1.54) is 24.3 Å². The van der Waals surface area contributed by atoms with E-state index in [0.717, 1.165) is 5.56 Å². The summed E-state index contributed by atoms with van der Waals surface area (Å²) in [5, 5.41) is 12.6. The molecule has 0 bridgehead atoms. The van der Waals surface area contributed by atoms with Crippen molar-refractivity contribution in [3.8, 4) is 5.75 Å². The summed E-state index contributed by atoms with van der Waals surface area (Å²) < 4.78 is 26.5. The molecule has 3 N–H and O–H groups in total. The molecule has 8 heteroatoms. The van der Waals surface area contributed by atoms with Gasteiger partial charge in [0.15, 0.2) is 0 Å². The topological polar surface area (TPSA) is 95.5 Å². The number of aryl methyl sites for hydroxylation is 1. The number of aromatic hydroxyl groups is 1. The number of sulfonamides is 1. The third-order valence-corrected chi connectivity index (χ3v) is 4.90. The van der Waals surface area contributed by atoms with Crippen LogP contribution in [0.1, 0.15) is 15.9 Å². The molecule has 0 heterocycles. The highest BCUT2D eigenvalue weighted by Gasteiger charge is 2.14. The molecule has 0 saturated carbocycles. The van der Waals surface area contributed by atoms with Crippen LogP contribution in [0.2, 0.25) is 5.02 Å². The zero-order valence-electron chi connectivity index (χ0n) is 12.9. The van der Waals surface area contributed by atoms with E-state index in [1.807, 2.05) is 0 Å². The summed E-state index contributed by atoms with van der Waals surface area (Å²) in [6.07, 6.45) is 0. The number of benzene rings is 2. The minimum absolute atomic E-state index is 0.00715. The summed E-state index contributed by atoms with van der Waals surface area (Å²) in [6.45, 7) is 1.88. The lowest BCUT2D eigenvalue weighted by molar-refractivity contribution is 0.0951. The lowest BCUT2D eigenvalue weighted by atomic mass is 10.1. The van der Waals surface area contributed by atoms with Crippen LogP contribution in [0.4, 0.5) is 0 Å². The quantitative estimate of drug-likeness (QED) is 0.680. The Hall–Kier alpha value is -2.09. The normalized spacial score (nSPS) is 11.2. The first-order chi connectivity index (χ1) is 11.3. The van der Waals surface area contributed by atoms with E-state index in [9.17, 15) is 18.3 Å². The molecule has 0 saturated heterocycles. The van der Waals surface area contributed by atoms with Crippen LogP contribution in [0.15, 0.2) is 47.4 Å². The van der Waals surface area contributed by atoms with Crippen molar-refractivity contribution in [3.05, 3.63) is 58.6 Å². The van der Waals surface area contributed by atoms with E-state index in [-0.39, 0.29) is 29.3 Å². The van der Waals surface area contributed by atoms with Crippen molar-refractivity contribution < 1.29 is 18.3 Å². The summed E-state index contributed by atoms with van der Waals surface area (Å²) in [6, 6.07) is 10.6. The lowest BCUT2D eigenvalue weighted by Gasteiger charge is -2.09. The van der Waals surface area contributed by atoms with Crippen LogP contribution in [0.25, 0.3) is 0 Å². The van der Waals surface area contributed by atoms with Crippen molar-refractivity contribution >= 4 is 27.5 Å². The standard InChI is InChI=1S/C16H17ClN2O4S/c1-11-5-6-14(15(20)9-11)16(21)18-7-8-19-24(22,23)13-4-2-3-12(17)10-13/h2-6,9-10,19-20H,7-8H2,1H3,(H,18,21). The number of hydrogen-bond donors (Lipinski definition) is 3. The Labute approximate surface area is 145 Å². The van der Waals surface area contributed by atoms with Gasteiger partial charge in [0, 0.05) is 18.1 Å². The minimum Gasteiger partial charge on any atom is -0.507 e. The first-order valence-corrected chi connectivity index (χ1v) is 8.99. The smallest absolute Gasteiger partial charge is 0.255 e. The molecule has 2 aromatic rings. The van der Waals surface area contributed by atoms with Gasteiger partial charge in [-0.2, -0.15) is 0 Å². The lowest BCUT2D eigenvalue weighted by Crippen LogP contribution is -2.34. The van der Waals surface area contributed by atoms with Gasteiger partial charge in [0.1, 0.15) is 5.75 Å². The highest BCUT2D eigenvalue weighted by atomic mass is 35.5. The molecule has 0 atom stereocenters. The van der Waals surface area contributed by atoms with E-state index in [1.54, 1.807) is 25.1 Å². The number of hydrogen-bond acceptors (Lipinski definition) is 4. The number of rotatable bonds is 6. The van der Waals surface area contributed by atoms with Crippen LogP contribution in [0, 0.1) is 6.92 Å². The Bertz CT molecular complexity index is 853. The third kappa shape index (κ3) is 4.70. The van der Waals surface area contributed by atoms with Crippen LogP contribution >= 0.6 is 11.6 Å². The summed E-state index contributed by atoms with van der Waals surface area (Å²) in [5.74, 6) is -0.596. The maximum atomic E-state index is 12.1. The van der Waals surface area contributed by atoms with Crippen molar-refractivity contribution in [1.29, 1.82) is 0 Å². The predicted octanol–water partition coefficient (Wildman–Crippen LogP) is 2.06. The van der Waals surface area contributed by atoms with Crippen LogP contribution < -0.4 is 10.0 Å². The average molecular weight is 369 g/mol. The summed E-state index contributed by atoms with van der Waals surface area (Å²) in [7, 11) is -3.69. The number of carbonyl (C=O) groups excluding carboxylic acids is 1. The largest absolute Gasteiger partial charge is 0.507 e. The Kier molecular flexibility index (Phi) is 5.82. The molecule has 128 valence electrons. The summed E-state index contributed by atoms with van der Waals surface area (Å²) >= 11 is 5.77. The van der Waals surface area contributed by atoms with Crippen LogP contribution in [-0.4, -0.2) is 32.5 Å². The maximum absolute atomic E-state index is 12.1. The summed E-state index contributed by atoms with van der Waals surface area (Å²) in [4.78, 5) is 12.0. The molecule has 24 heavy (non-hydrogen) atoms. The zero-order chi connectivity index (χ0) is 17.7. The Morgan fingerprint density at radius 1 is 1.17 bits per heavy atom. The number of nitrogens with one attached hydrogen (secondary N) is 2. The molecule has 0 spiro atoms. The fourth-order valence-electron chi connectivity index (χ4n) is 2.01. The fourth-order valence-corrected chi connectivity index (χ4v) is 3.34. The molecule has 0 fully saturated rings. The highest BCUT2D eigenvalue weighted by Crippen LogP contribution is 2.18. The van der Waals surface area contributed by atoms with Gasteiger partial charge in [-0.05, 0) is 42.8 Å². The van der Waals surface area contributed by atoms with Gasteiger partial charge in [-0.25, -0.2) is 13.1 Å². The van der Waals surface area contributed by atoms with E-state index in [0.29, 0.717) is 5.02 Å². The second-order valence-electron chi connectivity index (χ2n) is 5.13. The maximum Gasteiger partial charge on any atom is 0.255 e. The fraction of sp³-hybridized carbons (Fsp3) is 0.188. The first kappa shape index (κ1) is 18.3. The van der Waals surface area contributed by atoms with E-state index >= 15 is 0 Å². The third-order valence-electron chi connectivity index (χ3n) is 3.21. The molecule has 0 unspecified atom stereocenters. The second kappa shape index (κ2) is 7.65. The van der Waals surface area contributed by atoms with Gasteiger partial charge in [-0.15, -0.1) is 0 Å². The van der Waals surface area contributed by atoms with E-state index < -0.39 is 15.9 Å². The van der Waals surface area contributed by atoms with Crippen molar-refractivity contribution in [2.24, 2.45) is 0 Å². The van der Waals surface area contributed by atoms with Crippen LogP contribution in [-0.2, 0) is 10.0 Å². The number of amides is 1. The van der Waals surface area contributed by atoms with Crippen molar-refractivity contribution in [2.75, 3.05) is 13.1 Å². The Morgan fingerprint density at radius 2 is 1.92 bits per heavy atom. The van der Waals surface area contributed by atoms with Gasteiger partial charge in [-0.3, -0.25) is 4.79 Å². The van der Waals surface area contributed by atoms with Crippen molar-refractivity contribution in [1.82, 2.24) is 10.0 Å². The molecule has 6 nitrogen and oxygen atoms in total. The summed E-state index contributed by atoms with van der Waals surface area (Å²) in [5.41, 5.74) is 0.969. The molecular formula is C16H17ClN2O4S. The van der Waals surface area contributed by atoms with E-state index in [4.69, 9.17) is 11.6 Å². The molecule has 0 aliphatic carbocycles. The first-order valence-electron chi connectivity index (χ1n) is 7.12. The van der Waals surface area contributed by atoms with Gasteiger partial charge < -0.3 is 10.4 Å². The number of halogens is 1. The number of phenols is 1. The zero-order valence-corrected chi connectivity index (χ0v) is 14.5. The van der Waals surface area contributed by atoms with Crippen LogP contribution in [0.5, 0.6) is 5.75 Å².